The second-order valence-corrected chi connectivity index (χ2v) is 12.6. The van der Waals surface area contributed by atoms with Crippen molar-refractivity contribution in [1.29, 1.82) is 0 Å². The zero-order chi connectivity index (χ0) is 33.3. The van der Waals surface area contributed by atoms with Gasteiger partial charge in [-0.2, -0.15) is 0 Å². The van der Waals surface area contributed by atoms with Crippen LogP contribution < -0.4 is 4.74 Å². The van der Waals surface area contributed by atoms with Crippen LogP contribution in [-0.2, 0) is 6.61 Å². The largest absolute Gasteiger partial charge is 0.488 e. The van der Waals surface area contributed by atoms with Gasteiger partial charge < -0.3 is 4.74 Å². The van der Waals surface area contributed by atoms with Gasteiger partial charge >= 0.3 is 0 Å². The molecule has 0 N–H and O–H groups in total. The van der Waals surface area contributed by atoms with E-state index in [0.717, 1.165) is 50.5 Å². The highest BCUT2D eigenvalue weighted by Crippen LogP contribution is 2.43. The molecule has 0 bridgehead atoms. The summed E-state index contributed by atoms with van der Waals surface area (Å²) in [6.07, 6.45) is 0. The highest BCUT2D eigenvalue weighted by Gasteiger charge is 2.21. The highest BCUT2D eigenvalue weighted by atomic mass is 16.5. The minimum Gasteiger partial charge on any atom is -0.488 e. The molecule has 236 valence electrons. The molecule has 0 aliphatic carbocycles. The fourth-order valence-corrected chi connectivity index (χ4v) is 6.86. The molecule has 2 heterocycles. The lowest BCUT2D eigenvalue weighted by atomic mass is 9.89. The smallest absolute Gasteiger partial charge is 0.160 e. The average molecular weight is 641 g/mol. The minimum atomic E-state index is 0.569. The minimum absolute atomic E-state index is 0.569. The number of hydrogen-bond donors (Lipinski definition) is 0. The fraction of sp³-hybridized carbons (Fsp3) is 0.0213. The Bertz CT molecular complexity index is 2450. The van der Waals surface area contributed by atoms with Gasteiger partial charge in [0.15, 0.2) is 5.82 Å². The van der Waals surface area contributed by atoms with Crippen LogP contribution >= 0.6 is 0 Å². The Hall–Kier alpha value is -6.58. The molecule has 1 aromatic heterocycles. The average Bonchev–Trinajstić information content (AvgIpc) is 3.21. The molecular formula is C47H32N2O. The Morgan fingerprint density at radius 1 is 0.360 bits per heavy atom. The van der Waals surface area contributed by atoms with Crippen molar-refractivity contribution in [3.63, 3.8) is 0 Å². The first-order chi connectivity index (χ1) is 24.8. The van der Waals surface area contributed by atoms with E-state index in [2.05, 4.69) is 158 Å². The summed E-state index contributed by atoms with van der Waals surface area (Å²) >= 11 is 0. The summed E-state index contributed by atoms with van der Waals surface area (Å²) in [5.74, 6) is 1.62. The maximum absolute atomic E-state index is 6.06. The van der Waals surface area contributed by atoms with Crippen molar-refractivity contribution in [2.75, 3.05) is 0 Å². The molecule has 1 aliphatic heterocycles. The van der Waals surface area contributed by atoms with E-state index in [1.807, 2.05) is 24.3 Å². The summed E-state index contributed by atoms with van der Waals surface area (Å²) in [6, 6.07) is 63.7. The Labute approximate surface area is 292 Å². The summed E-state index contributed by atoms with van der Waals surface area (Å²) in [7, 11) is 0. The number of rotatable bonds is 6. The van der Waals surface area contributed by atoms with Crippen LogP contribution in [-0.4, -0.2) is 9.97 Å². The van der Waals surface area contributed by atoms with Crippen LogP contribution in [0.1, 0.15) is 5.56 Å². The summed E-state index contributed by atoms with van der Waals surface area (Å²) in [5.41, 5.74) is 15.4. The van der Waals surface area contributed by atoms with Gasteiger partial charge in [0.2, 0.25) is 0 Å². The second kappa shape index (κ2) is 12.8. The van der Waals surface area contributed by atoms with E-state index in [1.54, 1.807) is 0 Å². The van der Waals surface area contributed by atoms with E-state index in [9.17, 15) is 0 Å². The van der Waals surface area contributed by atoms with E-state index in [4.69, 9.17) is 14.7 Å². The quantitative estimate of drug-likeness (QED) is 0.181. The van der Waals surface area contributed by atoms with Crippen LogP contribution in [0.4, 0.5) is 0 Å². The van der Waals surface area contributed by atoms with Gasteiger partial charge in [0.05, 0.1) is 11.4 Å². The molecular weight excluding hydrogens is 609 g/mol. The van der Waals surface area contributed by atoms with Gasteiger partial charge in [0.1, 0.15) is 12.4 Å². The lowest BCUT2D eigenvalue weighted by Gasteiger charge is -2.23. The van der Waals surface area contributed by atoms with E-state index in [-0.39, 0.29) is 0 Å². The third-order valence-corrected chi connectivity index (χ3v) is 9.42. The first-order valence-electron chi connectivity index (χ1n) is 16.9. The fourth-order valence-electron chi connectivity index (χ4n) is 6.86. The molecule has 1 aliphatic rings. The molecule has 3 heteroatoms. The molecule has 0 atom stereocenters. The number of ether oxygens (including phenoxy) is 1. The predicted octanol–water partition coefficient (Wildman–Crippen LogP) is 12.0. The summed E-state index contributed by atoms with van der Waals surface area (Å²) < 4.78 is 6.06. The third kappa shape index (κ3) is 5.65. The molecule has 9 rings (SSSR count). The van der Waals surface area contributed by atoms with E-state index >= 15 is 0 Å². The maximum atomic E-state index is 6.06. The Morgan fingerprint density at radius 2 is 0.880 bits per heavy atom. The molecule has 0 spiro atoms. The molecule has 7 aromatic carbocycles. The molecule has 0 saturated carbocycles. The molecule has 0 unspecified atom stereocenters. The monoisotopic (exact) mass is 640 g/mol. The predicted molar refractivity (Wildman–Crippen MR) is 204 cm³/mol. The molecule has 0 saturated heterocycles. The zero-order valence-corrected chi connectivity index (χ0v) is 27.3. The molecule has 3 nitrogen and oxygen atoms in total. The van der Waals surface area contributed by atoms with Crippen LogP contribution in [0.25, 0.3) is 78.4 Å². The molecule has 0 amide bonds. The van der Waals surface area contributed by atoms with E-state index < -0.39 is 0 Å². The van der Waals surface area contributed by atoms with Crippen LogP contribution in [0.3, 0.4) is 0 Å². The van der Waals surface area contributed by atoms with Crippen LogP contribution in [0, 0.1) is 0 Å². The second-order valence-electron chi connectivity index (χ2n) is 12.6. The highest BCUT2D eigenvalue weighted by molar-refractivity contribution is 5.89. The standard InChI is InChI=1S/C47H32N2O/c1-3-11-32(12-4-1)34-21-25-36(26-22-34)43-30-44(39-16-9-15-38(29-39)33-13-5-2-6-14-33)49-47(48-43)37-27-23-35(24-28-37)41-19-10-17-40-31-50-45-20-8-7-18-42(45)46(40)41/h1-30H,31H2. The summed E-state index contributed by atoms with van der Waals surface area (Å²) in [5, 5.41) is 0. The van der Waals surface area contributed by atoms with E-state index in [1.165, 1.54) is 33.4 Å². The Morgan fingerprint density at radius 3 is 1.64 bits per heavy atom. The lowest BCUT2D eigenvalue weighted by molar-refractivity contribution is 0.302. The number of nitrogens with zero attached hydrogens (tertiary/aromatic N) is 2. The van der Waals surface area contributed by atoms with Gasteiger partial charge in [-0.3, -0.25) is 0 Å². The van der Waals surface area contributed by atoms with Gasteiger partial charge in [0, 0.05) is 22.3 Å². The van der Waals surface area contributed by atoms with Gasteiger partial charge in [-0.25, -0.2) is 9.97 Å². The van der Waals surface area contributed by atoms with Gasteiger partial charge in [-0.1, -0.05) is 164 Å². The number of benzene rings is 7. The van der Waals surface area contributed by atoms with Gasteiger partial charge in [0.25, 0.3) is 0 Å². The van der Waals surface area contributed by atoms with Crippen LogP contribution in [0.5, 0.6) is 5.75 Å². The number of fused-ring (bicyclic) bond motifs is 3. The molecule has 0 radical (unpaired) electrons. The SMILES string of the molecule is c1ccc(-c2ccc(-c3cc(-c4cccc(-c5ccccc5)c4)nc(-c4ccc(-c5cccc6c5-c5ccccc5OC6)cc4)n3)cc2)cc1. The Kier molecular flexibility index (Phi) is 7.56. The van der Waals surface area contributed by atoms with Crippen LogP contribution in [0.2, 0.25) is 0 Å². The third-order valence-electron chi connectivity index (χ3n) is 9.42. The van der Waals surface area contributed by atoms with Crippen molar-refractivity contribution < 1.29 is 4.74 Å². The molecule has 8 aromatic rings. The number of hydrogen-bond acceptors (Lipinski definition) is 3. The maximum Gasteiger partial charge on any atom is 0.160 e. The first-order valence-corrected chi connectivity index (χ1v) is 16.9. The van der Waals surface area contributed by atoms with Gasteiger partial charge in [-0.15, -0.1) is 0 Å². The van der Waals surface area contributed by atoms with Crippen molar-refractivity contribution in [2.45, 2.75) is 6.61 Å². The van der Waals surface area contributed by atoms with Crippen molar-refractivity contribution in [3.8, 4) is 84.2 Å². The lowest BCUT2D eigenvalue weighted by Crippen LogP contribution is -2.06. The zero-order valence-electron chi connectivity index (χ0n) is 27.3. The van der Waals surface area contributed by atoms with Crippen molar-refractivity contribution >= 4 is 0 Å². The molecule has 50 heavy (non-hydrogen) atoms. The summed E-state index contributed by atoms with van der Waals surface area (Å²) in [4.78, 5) is 10.3. The first kappa shape index (κ1) is 29.6. The van der Waals surface area contributed by atoms with Crippen molar-refractivity contribution in [2.24, 2.45) is 0 Å². The van der Waals surface area contributed by atoms with Crippen LogP contribution in [0.15, 0.2) is 182 Å². The number of aromatic nitrogens is 2. The normalized spacial score (nSPS) is 11.7. The van der Waals surface area contributed by atoms with Crippen molar-refractivity contribution in [1.82, 2.24) is 9.97 Å². The summed E-state index contributed by atoms with van der Waals surface area (Å²) in [6.45, 7) is 0.569. The van der Waals surface area contributed by atoms with Crippen molar-refractivity contribution in [3.05, 3.63) is 188 Å². The topological polar surface area (TPSA) is 35.0 Å². The van der Waals surface area contributed by atoms with E-state index in [0.29, 0.717) is 12.4 Å². The molecule has 0 fully saturated rings. The van der Waals surface area contributed by atoms with Gasteiger partial charge in [-0.05, 0) is 62.7 Å². The Balaban J connectivity index is 1.13. The number of para-hydroxylation sites is 1.